The lowest BCUT2D eigenvalue weighted by Gasteiger charge is -2.00. The highest BCUT2D eigenvalue weighted by atomic mass is 16.1. The topological polar surface area (TPSA) is 40.9 Å². The molecule has 0 saturated carbocycles. The van der Waals surface area contributed by atoms with Gasteiger partial charge in [0.1, 0.15) is 0 Å². The van der Waals surface area contributed by atoms with Gasteiger partial charge in [-0.25, -0.2) is 0 Å². The van der Waals surface area contributed by atoms with Crippen LogP contribution < -0.4 is 0 Å². The Kier molecular flexibility index (Phi) is 3.80. The maximum atomic E-state index is 12.2. The fourth-order valence-corrected chi connectivity index (χ4v) is 2.28. The number of hydrogen-bond acceptors (Lipinski definition) is 2. The number of carbonyl (C=O) groups excluding carboxylic acids is 1. The summed E-state index contributed by atoms with van der Waals surface area (Å²) in [6, 6.07) is 22.9. The van der Waals surface area contributed by atoms with Crippen LogP contribution in [0.2, 0.25) is 0 Å². The van der Waals surface area contributed by atoms with Gasteiger partial charge in [0.25, 0.3) is 0 Å². The summed E-state index contributed by atoms with van der Waals surface area (Å²) in [6.07, 6.45) is 3.32. The van der Waals surface area contributed by atoms with E-state index < -0.39 is 0 Å². The van der Waals surface area contributed by atoms with Crippen molar-refractivity contribution in [1.29, 1.82) is 5.26 Å². The van der Waals surface area contributed by atoms with Gasteiger partial charge >= 0.3 is 0 Å². The largest absolute Gasteiger partial charge is 0.289 e. The van der Waals surface area contributed by atoms with Crippen molar-refractivity contribution in [3.8, 4) is 6.07 Å². The standard InChI is InChI=1S/C20H13NO/c21-14-16-7-5-15(6-8-16)9-12-20(22)19-11-10-17-3-1-2-4-18(17)13-19/h1-13H/b12-9+. The minimum Gasteiger partial charge on any atom is -0.289 e. The summed E-state index contributed by atoms with van der Waals surface area (Å²) in [5.41, 5.74) is 2.18. The van der Waals surface area contributed by atoms with Crippen molar-refractivity contribution >= 4 is 22.6 Å². The number of nitriles is 1. The molecule has 0 bridgehead atoms. The van der Waals surface area contributed by atoms with Crippen LogP contribution in [-0.4, -0.2) is 5.78 Å². The van der Waals surface area contributed by atoms with E-state index in [1.807, 2.05) is 54.6 Å². The Morgan fingerprint density at radius 3 is 2.36 bits per heavy atom. The zero-order chi connectivity index (χ0) is 15.4. The van der Waals surface area contributed by atoms with Gasteiger partial charge in [-0.05, 0) is 40.6 Å². The maximum absolute atomic E-state index is 12.2. The summed E-state index contributed by atoms with van der Waals surface area (Å²) in [5, 5.41) is 10.9. The van der Waals surface area contributed by atoms with Gasteiger partial charge in [-0.1, -0.05) is 54.6 Å². The summed E-state index contributed by atoms with van der Waals surface area (Å²) >= 11 is 0. The van der Waals surface area contributed by atoms with E-state index in [0.29, 0.717) is 11.1 Å². The van der Waals surface area contributed by atoms with E-state index in [9.17, 15) is 4.79 Å². The highest BCUT2D eigenvalue weighted by molar-refractivity contribution is 6.08. The van der Waals surface area contributed by atoms with Crippen LogP contribution in [0.1, 0.15) is 21.5 Å². The number of carbonyl (C=O) groups is 1. The van der Waals surface area contributed by atoms with Crippen molar-refractivity contribution in [3.05, 3.63) is 89.5 Å². The van der Waals surface area contributed by atoms with Crippen LogP contribution in [0.25, 0.3) is 16.8 Å². The summed E-state index contributed by atoms with van der Waals surface area (Å²) in [7, 11) is 0. The van der Waals surface area contributed by atoms with Gasteiger partial charge in [0.2, 0.25) is 0 Å². The van der Waals surface area contributed by atoms with Crippen LogP contribution in [0.3, 0.4) is 0 Å². The first-order valence-corrected chi connectivity index (χ1v) is 6.98. The number of nitrogens with zero attached hydrogens (tertiary/aromatic N) is 1. The quantitative estimate of drug-likeness (QED) is 0.520. The number of rotatable bonds is 3. The Morgan fingerprint density at radius 1 is 0.909 bits per heavy atom. The Labute approximate surface area is 128 Å². The van der Waals surface area contributed by atoms with Crippen LogP contribution in [-0.2, 0) is 0 Å². The van der Waals surface area contributed by atoms with E-state index in [2.05, 4.69) is 6.07 Å². The molecule has 104 valence electrons. The van der Waals surface area contributed by atoms with Crippen LogP contribution in [0.5, 0.6) is 0 Å². The first-order chi connectivity index (χ1) is 10.8. The van der Waals surface area contributed by atoms with Crippen LogP contribution in [0.4, 0.5) is 0 Å². The molecule has 0 aliphatic rings. The molecule has 0 aliphatic carbocycles. The lowest BCUT2D eigenvalue weighted by Crippen LogP contribution is -1.93. The fourth-order valence-electron chi connectivity index (χ4n) is 2.28. The smallest absolute Gasteiger partial charge is 0.185 e. The molecular formula is C20H13NO. The number of allylic oxidation sites excluding steroid dienone is 1. The van der Waals surface area contributed by atoms with Crippen molar-refractivity contribution < 1.29 is 4.79 Å². The molecule has 0 spiro atoms. The lowest BCUT2D eigenvalue weighted by molar-refractivity contribution is 0.104. The second kappa shape index (κ2) is 6.07. The molecule has 0 unspecified atom stereocenters. The predicted molar refractivity (Wildman–Crippen MR) is 88.5 cm³/mol. The molecule has 3 rings (SSSR count). The minimum absolute atomic E-state index is 0.0323. The average molecular weight is 283 g/mol. The van der Waals surface area contributed by atoms with Crippen LogP contribution >= 0.6 is 0 Å². The Bertz CT molecular complexity index is 899. The summed E-state index contributed by atoms with van der Waals surface area (Å²) < 4.78 is 0. The monoisotopic (exact) mass is 283 g/mol. The van der Waals surface area contributed by atoms with Crippen LogP contribution in [0.15, 0.2) is 72.8 Å². The van der Waals surface area contributed by atoms with Crippen molar-refractivity contribution in [3.63, 3.8) is 0 Å². The third-order valence-corrected chi connectivity index (χ3v) is 3.50. The number of ketones is 1. The summed E-state index contributed by atoms with van der Waals surface area (Å²) in [4.78, 5) is 12.2. The molecule has 0 fully saturated rings. The summed E-state index contributed by atoms with van der Waals surface area (Å²) in [5.74, 6) is -0.0323. The second-order valence-electron chi connectivity index (χ2n) is 4.99. The third-order valence-electron chi connectivity index (χ3n) is 3.50. The highest BCUT2D eigenvalue weighted by Gasteiger charge is 2.02. The van der Waals surface area contributed by atoms with E-state index in [0.717, 1.165) is 16.3 Å². The molecule has 0 amide bonds. The number of benzene rings is 3. The van der Waals surface area contributed by atoms with Gasteiger partial charge in [-0.15, -0.1) is 0 Å². The van der Waals surface area contributed by atoms with Crippen molar-refractivity contribution in [1.82, 2.24) is 0 Å². The Hall–Kier alpha value is -3.18. The molecule has 2 heteroatoms. The number of hydrogen-bond donors (Lipinski definition) is 0. The molecule has 0 radical (unpaired) electrons. The maximum Gasteiger partial charge on any atom is 0.185 e. The van der Waals surface area contributed by atoms with Gasteiger partial charge in [0.05, 0.1) is 11.6 Å². The number of fused-ring (bicyclic) bond motifs is 1. The molecule has 0 saturated heterocycles. The molecule has 22 heavy (non-hydrogen) atoms. The molecule has 3 aromatic carbocycles. The SMILES string of the molecule is N#Cc1ccc(/C=C/C(=O)c2ccc3ccccc3c2)cc1. The molecule has 0 atom stereocenters. The minimum atomic E-state index is -0.0323. The molecule has 0 heterocycles. The normalized spacial score (nSPS) is 10.7. The van der Waals surface area contributed by atoms with E-state index in [4.69, 9.17) is 5.26 Å². The van der Waals surface area contributed by atoms with Crippen molar-refractivity contribution in [2.24, 2.45) is 0 Å². The molecule has 0 aromatic heterocycles. The molecule has 0 aliphatic heterocycles. The van der Waals surface area contributed by atoms with Crippen molar-refractivity contribution in [2.45, 2.75) is 0 Å². The van der Waals surface area contributed by atoms with Crippen molar-refractivity contribution in [2.75, 3.05) is 0 Å². The van der Waals surface area contributed by atoms with Gasteiger partial charge in [-0.3, -0.25) is 4.79 Å². The Balaban J connectivity index is 1.82. The first-order valence-electron chi connectivity index (χ1n) is 6.98. The van der Waals surface area contributed by atoms with Gasteiger partial charge < -0.3 is 0 Å². The first kappa shape index (κ1) is 13.8. The molecule has 2 nitrogen and oxygen atoms in total. The lowest BCUT2D eigenvalue weighted by atomic mass is 10.0. The zero-order valence-electron chi connectivity index (χ0n) is 11.9. The molecular weight excluding hydrogens is 270 g/mol. The van der Waals surface area contributed by atoms with Gasteiger partial charge in [0.15, 0.2) is 5.78 Å². The average Bonchev–Trinajstić information content (AvgIpc) is 2.59. The second-order valence-corrected chi connectivity index (χ2v) is 4.99. The molecule has 3 aromatic rings. The zero-order valence-corrected chi connectivity index (χ0v) is 11.9. The van der Waals surface area contributed by atoms with E-state index in [1.54, 1.807) is 24.3 Å². The van der Waals surface area contributed by atoms with Gasteiger partial charge in [-0.2, -0.15) is 5.26 Å². The highest BCUT2D eigenvalue weighted by Crippen LogP contribution is 2.16. The summed E-state index contributed by atoms with van der Waals surface area (Å²) in [6.45, 7) is 0. The van der Waals surface area contributed by atoms with Crippen LogP contribution in [0, 0.1) is 11.3 Å². The van der Waals surface area contributed by atoms with E-state index >= 15 is 0 Å². The van der Waals surface area contributed by atoms with E-state index in [-0.39, 0.29) is 5.78 Å². The fraction of sp³-hybridized carbons (Fsp3) is 0. The van der Waals surface area contributed by atoms with Gasteiger partial charge in [0, 0.05) is 5.56 Å². The molecule has 0 N–H and O–H groups in total. The predicted octanol–water partition coefficient (Wildman–Crippen LogP) is 4.61. The third kappa shape index (κ3) is 2.94. The Morgan fingerprint density at radius 2 is 1.64 bits per heavy atom. The van der Waals surface area contributed by atoms with E-state index in [1.165, 1.54) is 0 Å².